The van der Waals surface area contributed by atoms with Gasteiger partial charge in [-0.05, 0) is 37.5 Å². The molecule has 1 aliphatic heterocycles. The number of carbonyl (C=O) groups excluding carboxylic acids is 1. The third-order valence-corrected chi connectivity index (χ3v) is 4.02. The average molecular weight is 269 g/mol. The van der Waals surface area contributed by atoms with E-state index in [4.69, 9.17) is 0 Å². The number of pyridine rings is 1. The first-order chi connectivity index (χ1) is 9.66. The van der Waals surface area contributed by atoms with Crippen molar-refractivity contribution < 1.29 is 4.79 Å². The summed E-state index contributed by atoms with van der Waals surface area (Å²) in [5.74, 6) is 0.0938. The molecule has 4 nitrogen and oxygen atoms in total. The SMILES string of the molecule is Cc1ccc2c(N3CCCNC(=O)C3)ccnc2c1C. The minimum atomic E-state index is 0.0938. The van der Waals surface area contributed by atoms with Crippen LogP contribution in [0.25, 0.3) is 10.9 Å². The quantitative estimate of drug-likeness (QED) is 0.863. The Bertz CT molecular complexity index is 666. The van der Waals surface area contributed by atoms with E-state index in [0.717, 1.165) is 36.1 Å². The zero-order valence-electron chi connectivity index (χ0n) is 11.9. The zero-order valence-corrected chi connectivity index (χ0v) is 11.9. The van der Waals surface area contributed by atoms with Gasteiger partial charge in [0.15, 0.2) is 0 Å². The third-order valence-electron chi connectivity index (χ3n) is 4.02. The summed E-state index contributed by atoms with van der Waals surface area (Å²) in [6, 6.07) is 6.25. The molecular formula is C16H19N3O. The highest BCUT2D eigenvalue weighted by atomic mass is 16.2. The molecule has 1 saturated heterocycles. The Labute approximate surface area is 118 Å². The van der Waals surface area contributed by atoms with E-state index in [0.29, 0.717) is 6.54 Å². The van der Waals surface area contributed by atoms with Gasteiger partial charge in [0.05, 0.1) is 12.1 Å². The molecule has 1 amide bonds. The summed E-state index contributed by atoms with van der Waals surface area (Å²) in [7, 11) is 0. The molecule has 2 aromatic rings. The Morgan fingerprint density at radius 3 is 2.95 bits per heavy atom. The summed E-state index contributed by atoms with van der Waals surface area (Å²) in [5.41, 5.74) is 4.60. The summed E-state index contributed by atoms with van der Waals surface area (Å²) in [6.07, 6.45) is 2.81. The van der Waals surface area contributed by atoms with E-state index in [1.165, 1.54) is 11.1 Å². The van der Waals surface area contributed by atoms with E-state index in [9.17, 15) is 4.79 Å². The number of hydrogen-bond acceptors (Lipinski definition) is 3. The molecular weight excluding hydrogens is 250 g/mol. The maximum atomic E-state index is 11.8. The Balaban J connectivity index is 2.11. The van der Waals surface area contributed by atoms with Crippen molar-refractivity contribution in [1.82, 2.24) is 10.3 Å². The summed E-state index contributed by atoms with van der Waals surface area (Å²) in [6.45, 7) is 6.28. The molecule has 0 bridgehead atoms. The zero-order chi connectivity index (χ0) is 14.1. The largest absolute Gasteiger partial charge is 0.362 e. The number of nitrogens with one attached hydrogen (secondary N) is 1. The number of amides is 1. The first kappa shape index (κ1) is 12.9. The average Bonchev–Trinajstić information content (AvgIpc) is 2.67. The van der Waals surface area contributed by atoms with Crippen LogP contribution in [0.5, 0.6) is 0 Å². The van der Waals surface area contributed by atoms with Gasteiger partial charge in [-0.25, -0.2) is 0 Å². The standard InChI is InChI=1S/C16H19N3O/c1-11-4-5-13-14(6-8-18-16(13)12(11)2)19-9-3-7-17-15(20)10-19/h4-6,8H,3,7,9-10H2,1-2H3,(H,17,20). The van der Waals surface area contributed by atoms with Crippen molar-refractivity contribution in [3.05, 3.63) is 35.5 Å². The van der Waals surface area contributed by atoms with Crippen molar-refractivity contribution in [2.75, 3.05) is 24.5 Å². The fraction of sp³-hybridized carbons (Fsp3) is 0.375. The highest BCUT2D eigenvalue weighted by molar-refractivity contribution is 5.95. The molecule has 104 valence electrons. The van der Waals surface area contributed by atoms with Crippen LogP contribution in [0.2, 0.25) is 0 Å². The lowest BCUT2D eigenvalue weighted by atomic mass is 10.0. The fourth-order valence-electron chi connectivity index (χ4n) is 2.73. The highest BCUT2D eigenvalue weighted by Gasteiger charge is 2.17. The molecule has 3 rings (SSSR count). The Morgan fingerprint density at radius 1 is 1.25 bits per heavy atom. The van der Waals surface area contributed by atoms with Crippen LogP contribution < -0.4 is 10.2 Å². The molecule has 0 radical (unpaired) electrons. The van der Waals surface area contributed by atoms with Gasteiger partial charge in [-0.1, -0.05) is 12.1 Å². The van der Waals surface area contributed by atoms with Crippen molar-refractivity contribution in [2.24, 2.45) is 0 Å². The molecule has 1 aliphatic rings. The number of hydrogen-bond donors (Lipinski definition) is 1. The van der Waals surface area contributed by atoms with E-state index in [1.54, 1.807) is 0 Å². The molecule has 2 heterocycles. The van der Waals surface area contributed by atoms with Gasteiger partial charge < -0.3 is 10.2 Å². The van der Waals surface area contributed by atoms with Crippen LogP contribution in [-0.4, -0.2) is 30.5 Å². The summed E-state index contributed by atoms with van der Waals surface area (Å²) in [4.78, 5) is 18.4. The normalized spacial score (nSPS) is 16.1. The number of carbonyl (C=O) groups is 1. The van der Waals surface area contributed by atoms with E-state index in [2.05, 4.69) is 41.2 Å². The number of nitrogens with zero attached hydrogens (tertiary/aromatic N) is 2. The molecule has 0 unspecified atom stereocenters. The smallest absolute Gasteiger partial charge is 0.239 e. The van der Waals surface area contributed by atoms with Crippen molar-refractivity contribution in [3.63, 3.8) is 0 Å². The Morgan fingerprint density at radius 2 is 2.10 bits per heavy atom. The number of rotatable bonds is 1. The number of fused-ring (bicyclic) bond motifs is 1. The summed E-state index contributed by atoms with van der Waals surface area (Å²) in [5, 5.41) is 4.05. The molecule has 1 N–H and O–H groups in total. The van der Waals surface area contributed by atoms with E-state index in [-0.39, 0.29) is 5.91 Å². The van der Waals surface area contributed by atoms with Crippen molar-refractivity contribution >= 4 is 22.5 Å². The van der Waals surface area contributed by atoms with Gasteiger partial charge in [0.2, 0.25) is 5.91 Å². The molecule has 0 saturated carbocycles. The molecule has 0 spiro atoms. The third kappa shape index (κ3) is 2.22. The second-order valence-corrected chi connectivity index (χ2v) is 5.36. The predicted molar refractivity (Wildman–Crippen MR) is 81.1 cm³/mol. The molecule has 20 heavy (non-hydrogen) atoms. The number of anilines is 1. The minimum Gasteiger partial charge on any atom is -0.362 e. The number of benzene rings is 1. The molecule has 0 atom stereocenters. The lowest BCUT2D eigenvalue weighted by molar-refractivity contribution is -0.119. The van der Waals surface area contributed by atoms with Crippen molar-refractivity contribution in [3.8, 4) is 0 Å². The Hall–Kier alpha value is -2.10. The highest BCUT2D eigenvalue weighted by Crippen LogP contribution is 2.29. The van der Waals surface area contributed by atoms with Crippen LogP contribution in [0.1, 0.15) is 17.5 Å². The van der Waals surface area contributed by atoms with Gasteiger partial charge in [-0.15, -0.1) is 0 Å². The van der Waals surface area contributed by atoms with Crippen molar-refractivity contribution in [1.29, 1.82) is 0 Å². The van der Waals surface area contributed by atoms with Gasteiger partial charge in [0.25, 0.3) is 0 Å². The molecule has 1 aromatic carbocycles. The molecule has 1 aromatic heterocycles. The first-order valence-corrected chi connectivity index (χ1v) is 7.03. The first-order valence-electron chi connectivity index (χ1n) is 7.03. The summed E-state index contributed by atoms with van der Waals surface area (Å²) >= 11 is 0. The molecule has 1 fully saturated rings. The Kier molecular flexibility index (Phi) is 3.30. The molecule has 0 aliphatic carbocycles. The monoisotopic (exact) mass is 269 g/mol. The number of aromatic nitrogens is 1. The van der Waals surface area contributed by atoms with Crippen LogP contribution in [0.15, 0.2) is 24.4 Å². The lowest BCUT2D eigenvalue weighted by Crippen LogP contribution is -2.33. The maximum Gasteiger partial charge on any atom is 0.239 e. The fourth-order valence-corrected chi connectivity index (χ4v) is 2.73. The van der Waals surface area contributed by atoms with Crippen LogP contribution >= 0.6 is 0 Å². The molecule has 4 heteroatoms. The van der Waals surface area contributed by atoms with E-state index < -0.39 is 0 Å². The van der Waals surface area contributed by atoms with Crippen LogP contribution in [-0.2, 0) is 4.79 Å². The van der Waals surface area contributed by atoms with Crippen LogP contribution in [0.4, 0.5) is 5.69 Å². The summed E-state index contributed by atoms with van der Waals surface area (Å²) < 4.78 is 0. The second kappa shape index (κ2) is 5.12. The van der Waals surface area contributed by atoms with Gasteiger partial charge in [-0.2, -0.15) is 0 Å². The van der Waals surface area contributed by atoms with Gasteiger partial charge in [0, 0.05) is 30.4 Å². The minimum absolute atomic E-state index is 0.0938. The maximum absolute atomic E-state index is 11.8. The van der Waals surface area contributed by atoms with Gasteiger partial charge >= 0.3 is 0 Å². The van der Waals surface area contributed by atoms with Gasteiger partial charge in [-0.3, -0.25) is 9.78 Å². The second-order valence-electron chi connectivity index (χ2n) is 5.36. The van der Waals surface area contributed by atoms with Crippen LogP contribution in [0.3, 0.4) is 0 Å². The predicted octanol–water partition coefficient (Wildman–Crippen LogP) is 2.18. The topological polar surface area (TPSA) is 45.2 Å². The van der Waals surface area contributed by atoms with Gasteiger partial charge in [0.1, 0.15) is 0 Å². The van der Waals surface area contributed by atoms with Crippen molar-refractivity contribution in [2.45, 2.75) is 20.3 Å². The lowest BCUT2D eigenvalue weighted by Gasteiger charge is -2.23. The van der Waals surface area contributed by atoms with Crippen LogP contribution in [0, 0.1) is 13.8 Å². The van der Waals surface area contributed by atoms with E-state index in [1.807, 2.05) is 12.3 Å². The number of aryl methyl sites for hydroxylation is 2. The van der Waals surface area contributed by atoms with E-state index >= 15 is 0 Å².